The molecular formula is C20H26N2Pd. The predicted molar refractivity (Wildman–Crippen MR) is 101 cm³/mol. The first kappa shape index (κ1) is 23.7. The van der Waals surface area contributed by atoms with Crippen molar-refractivity contribution >= 4 is 22.8 Å². The fourth-order valence-corrected chi connectivity index (χ4v) is 1.90. The van der Waals surface area contributed by atoms with Crippen molar-refractivity contribution in [2.75, 3.05) is 0 Å². The van der Waals surface area contributed by atoms with E-state index in [0.29, 0.717) is 0 Å². The molecule has 0 aromatic heterocycles. The fourth-order valence-electron chi connectivity index (χ4n) is 1.90. The predicted octanol–water partition coefficient (Wildman–Crippen LogP) is 6.09. The quantitative estimate of drug-likeness (QED) is 0.338. The Kier molecular flexibility index (Phi) is 11.4. The standard InChI is InChI=1S/C18H20N2.2CH3.Pd/c1-13-9-5-7-11-17(13)19-15(3)16(4)20-18-12-8-6-10-14(18)2;;;/h5-12H,1-4H3;2*1H3;/q;2*-1;+2. The maximum Gasteiger partial charge on any atom is 2.00 e. The summed E-state index contributed by atoms with van der Waals surface area (Å²) in [6, 6.07) is 16.3. The van der Waals surface area contributed by atoms with E-state index in [4.69, 9.17) is 0 Å². The molecule has 0 spiro atoms. The van der Waals surface area contributed by atoms with Crippen molar-refractivity contribution in [3.05, 3.63) is 74.5 Å². The van der Waals surface area contributed by atoms with Gasteiger partial charge in [0.25, 0.3) is 0 Å². The van der Waals surface area contributed by atoms with Gasteiger partial charge in [-0.2, -0.15) is 0 Å². The number of hydrogen-bond acceptors (Lipinski definition) is 2. The summed E-state index contributed by atoms with van der Waals surface area (Å²) in [6.45, 7) is 8.15. The summed E-state index contributed by atoms with van der Waals surface area (Å²) in [7, 11) is 0. The Bertz CT molecular complexity index is 613. The summed E-state index contributed by atoms with van der Waals surface area (Å²) < 4.78 is 0. The molecule has 2 aromatic carbocycles. The van der Waals surface area contributed by atoms with Gasteiger partial charge in [-0.3, -0.25) is 9.98 Å². The van der Waals surface area contributed by atoms with E-state index in [0.717, 1.165) is 22.8 Å². The van der Waals surface area contributed by atoms with Crippen LogP contribution in [0.4, 0.5) is 11.4 Å². The van der Waals surface area contributed by atoms with E-state index in [9.17, 15) is 0 Å². The van der Waals surface area contributed by atoms with Crippen molar-refractivity contribution < 1.29 is 20.4 Å². The van der Waals surface area contributed by atoms with E-state index in [-0.39, 0.29) is 35.3 Å². The largest absolute Gasteiger partial charge is 2.00 e. The van der Waals surface area contributed by atoms with Crippen molar-refractivity contribution in [2.45, 2.75) is 27.7 Å². The second-order valence-corrected chi connectivity index (χ2v) is 4.97. The molecule has 0 unspecified atom stereocenters. The smallest absolute Gasteiger partial charge is 0.358 e. The Balaban J connectivity index is 0. The second kappa shape index (κ2) is 11.1. The van der Waals surface area contributed by atoms with Crippen molar-refractivity contribution in [3.8, 4) is 0 Å². The van der Waals surface area contributed by atoms with Gasteiger partial charge in [0.1, 0.15) is 0 Å². The van der Waals surface area contributed by atoms with Crippen LogP contribution in [-0.2, 0) is 20.4 Å². The number of aliphatic imine (C=N–C) groups is 2. The van der Waals surface area contributed by atoms with Crippen LogP contribution in [0.3, 0.4) is 0 Å². The second-order valence-electron chi connectivity index (χ2n) is 4.97. The summed E-state index contributed by atoms with van der Waals surface area (Å²) in [6.07, 6.45) is 0. The molecule has 2 aromatic rings. The summed E-state index contributed by atoms with van der Waals surface area (Å²) in [5, 5.41) is 0. The summed E-state index contributed by atoms with van der Waals surface area (Å²) >= 11 is 0. The van der Waals surface area contributed by atoms with Crippen LogP contribution in [0, 0.1) is 28.7 Å². The van der Waals surface area contributed by atoms with E-state index in [1.54, 1.807) is 0 Å². The van der Waals surface area contributed by atoms with Crippen LogP contribution in [0.2, 0.25) is 0 Å². The van der Waals surface area contributed by atoms with Gasteiger partial charge < -0.3 is 14.9 Å². The van der Waals surface area contributed by atoms with E-state index in [1.807, 2.05) is 50.2 Å². The molecule has 0 aliphatic carbocycles. The molecule has 2 nitrogen and oxygen atoms in total. The van der Waals surface area contributed by atoms with Crippen molar-refractivity contribution in [1.29, 1.82) is 0 Å². The molecular weight excluding hydrogens is 375 g/mol. The molecule has 126 valence electrons. The minimum Gasteiger partial charge on any atom is -0.358 e. The Labute approximate surface area is 155 Å². The van der Waals surface area contributed by atoms with Gasteiger partial charge in [0, 0.05) is 0 Å². The van der Waals surface area contributed by atoms with E-state index in [1.165, 1.54) is 11.1 Å². The number of aryl methyl sites for hydroxylation is 2. The summed E-state index contributed by atoms with van der Waals surface area (Å²) in [5.41, 5.74) is 6.25. The molecule has 0 saturated carbocycles. The van der Waals surface area contributed by atoms with Crippen molar-refractivity contribution in [3.63, 3.8) is 0 Å². The number of nitrogens with zero attached hydrogens (tertiary/aromatic N) is 2. The number of para-hydroxylation sites is 2. The van der Waals surface area contributed by atoms with Crippen molar-refractivity contribution in [1.82, 2.24) is 0 Å². The molecule has 3 heteroatoms. The minimum atomic E-state index is 0. The van der Waals surface area contributed by atoms with Gasteiger partial charge in [0.15, 0.2) is 0 Å². The number of rotatable bonds is 3. The van der Waals surface area contributed by atoms with Gasteiger partial charge in [-0.25, -0.2) is 0 Å². The van der Waals surface area contributed by atoms with Crippen LogP contribution in [0.1, 0.15) is 25.0 Å². The Morgan fingerprint density at radius 2 is 0.957 bits per heavy atom. The van der Waals surface area contributed by atoms with Gasteiger partial charge in [0.05, 0.1) is 22.8 Å². The van der Waals surface area contributed by atoms with E-state index >= 15 is 0 Å². The fraction of sp³-hybridized carbons (Fsp3) is 0.200. The SMILES string of the molecule is CC(=Nc1ccccc1C)C(C)=Nc1ccccc1C.[CH3-].[CH3-].[Pd+2]. The molecule has 0 N–H and O–H groups in total. The zero-order chi connectivity index (χ0) is 14.5. The first-order valence-corrected chi connectivity index (χ1v) is 6.80. The Hall–Kier alpha value is -1.56. The first-order chi connectivity index (χ1) is 9.58. The third-order valence-corrected chi connectivity index (χ3v) is 3.33. The van der Waals surface area contributed by atoms with Crippen LogP contribution in [0.25, 0.3) is 0 Å². The van der Waals surface area contributed by atoms with Gasteiger partial charge in [-0.1, -0.05) is 36.4 Å². The monoisotopic (exact) mass is 400 g/mol. The Morgan fingerprint density at radius 1 is 0.652 bits per heavy atom. The maximum absolute atomic E-state index is 4.67. The molecule has 0 heterocycles. The average Bonchev–Trinajstić information content (AvgIpc) is 2.43. The molecule has 0 saturated heterocycles. The topological polar surface area (TPSA) is 24.7 Å². The molecule has 0 aliphatic heterocycles. The molecule has 23 heavy (non-hydrogen) atoms. The number of benzene rings is 2. The minimum absolute atomic E-state index is 0. The Morgan fingerprint density at radius 3 is 1.26 bits per heavy atom. The summed E-state index contributed by atoms with van der Waals surface area (Å²) in [4.78, 5) is 9.34. The molecule has 2 rings (SSSR count). The summed E-state index contributed by atoms with van der Waals surface area (Å²) in [5.74, 6) is 0. The van der Waals surface area contributed by atoms with Gasteiger partial charge in [-0.15, -0.1) is 0 Å². The molecule has 0 radical (unpaired) electrons. The molecule has 0 aliphatic rings. The van der Waals surface area contributed by atoms with Crippen LogP contribution in [0.5, 0.6) is 0 Å². The van der Waals surface area contributed by atoms with Gasteiger partial charge in [0.2, 0.25) is 0 Å². The third-order valence-electron chi connectivity index (χ3n) is 3.33. The van der Waals surface area contributed by atoms with Crippen LogP contribution < -0.4 is 0 Å². The van der Waals surface area contributed by atoms with Crippen molar-refractivity contribution in [2.24, 2.45) is 9.98 Å². The normalized spacial score (nSPS) is 11.0. The first-order valence-electron chi connectivity index (χ1n) is 6.80. The zero-order valence-corrected chi connectivity index (χ0v) is 16.4. The van der Waals surface area contributed by atoms with Crippen LogP contribution in [0.15, 0.2) is 58.5 Å². The molecule has 0 atom stereocenters. The maximum atomic E-state index is 4.67. The molecule has 0 amide bonds. The molecule has 0 bridgehead atoms. The zero-order valence-electron chi connectivity index (χ0n) is 14.8. The van der Waals surface area contributed by atoms with Crippen LogP contribution in [-0.4, -0.2) is 11.4 Å². The molecule has 0 fully saturated rings. The third kappa shape index (κ3) is 6.61. The average molecular weight is 401 g/mol. The number of hydrogen-bond donors (Lipinski definition) is 0. The van der Waals surface area contributed by atoms with Gasteiger partial charge >= 0.3 is 20.4 Å². The van der Waals surface area contributed by atoms with Crippen LogP contribution >= 0.6 is 0 Å². The van der Waals surface area contributed by atoms with E-state index in [2.05, 4.69) is 36.0 Å². The van der Waals surface area contributed by atoms with Gasteiger partial charge in [-0.05, 0) is 51.0 Å². The van der Waals surface area contributed by atoms with E-state index < -0.39 is 0 Å².